The number of hydrogen-bond donors (Lipinski definition) is 1. The summed E-state index contributed by atoms with van der Waals surface area (Å²) in [7, 11) is 0. The molecule has 1 atom stereocenters. The number of rotatable bonds is 5. The van der Waals surface area contributed by atoms with Gasteiger partial charge in [-0.25, -0.2) is 9.78 Å². The lowest BCUT2D eigenvalue weighted by Gasteiger charge is -2.38. The maximum absolute atomic E-state index is 12.4. The molecule has 0 radical (unpaired) electrons. The van der Waals surface area contributed by atoms with E-state index in [1.807, 2.05) is 30.3 Å². The zero-order valence-corrected chi connectivity index (χ0v) is 18.5. The first-order valence-corrected chi connectivity index (χ1v) is 10.8. The third-order valence-electron chi connectivity index (χ3n) is 6.89. The molecular formula is C26H26N2O4. The molecule has 6 nitrogen and oxygen atoms in total. The molecule has 3 aromatic rings. The van der Waals surface area contributed by atoms with Crippen molar-refractivity contribution in [1.29, 1.82) is 0 Å². The summed E-state index contributed by atoms with van der Waals surface area (Å²) in [4.78, 5) is 27.8. The number of pyridine rings is 1. The van der Waals surface area contributed by atoms with Gasteiger partial charge in [0.15, 0.2) is 0 Å². The second kappa shape index (κ2) is 8.19. The van der Waals surface area contributed by atoms with Crippen molar-refractivity contribution in [3.05, 3.63) is 81.0 Å². The van der Waals surface area contributed by atoms with Crippen LogP contribution in [-0.4, -0.2) is 21.0 Å². The predicted molar refractivity (Wildman–Crippen MR) is 126 cm³/mol. The molecule has 164 valence electrons. The number of para-hydroxylation sites is 1. The number of nitro benzene ring substituents is 1. The molecule has 0 saturated heterocycles. The van der Waals surface area contributed by atoms with Gasteiger partial charge < -0.3 is 5.11 Å². The third-order valence-corrected chi connectivity index (χ3v) is 6.89. The van der Waals surface area contributed by atoms with Crippen molar-refractivity contribution in [1.82, 2.24) is 4.98 Å². The molecule has 1 N–H and O–H groups in total. The van der Waals surface area contributed by atoms with Crippen LogP contribution < -0.4 is 0 Å². The number of hydrogen-bond acceptors (Lipinski definition) is 4. The number of carboxylic acids is 1. The fourth-order valence-electron chi connectivity index (χ4n) is 4.50. The Kier molecular flexibility index (Phi) is 5.55. The summed E-state index contributed by atoms with van der Waals surface area (Å²) < 4.78 is 0. The molecule has 0 amide bonds. The number of aromatic nitrogens is 1. The maximum atomic E-state index is 12.4. The number of carbonyl (C=O) groups is 1. The van der Waals surface area contributed by atoms with E-state index in [0.29, 0.717) is 22.9 Å². The quantitative estimate of drug-likeness (QED) is 0.374. The van der Waals surface area contributed by atoms with Crippen LogP contribution >= 0.6 is 0 Å². The van der Waals surface area contributed by atoms with E-state index >= 15 is 0 Å². The van der Waals surface area contributed by atoms with Crippen LogP contribution in [0.3, 0.4) is 0 Å². The van der Waals surface area contributed by atoms with Crippen LogP contribution in [0.2, 0.25) is 0 Å². The summed E-state index contributed by atoms with van der Waals surface area (Å²) in [5.74, 6) is -0.685. The molecule has 0 saturated carbocycles. The molecule has 32 heavy (non-hydrogen) atoms. The van der Waals surface area contributed by atoms with Crippen molar-refractivity contribution in [3.8, 4) is 0 Å². The fraction of sp³-hybridized carbons (Fsp3) is 0.308. The van der Waals surface area contributed by atoms with Gasteiger partial charge in [0.25, 0.3) is 5.69 Å². The van der Waals surface area contributed by atoms with Crippen molar-refractivity contribution < 1.29 is 14.8 Å². The molecule has 2 aromatic carbocycles. The van der Waals surface area contributed by atoms with Gasteiger partial charge in [-0.1, -0.05) is 45.4 Å². The Hall–Kier alpha value is -3.54. The first-order valence-electron chi connectivity index (χ1n) is 10.8. The number of non-ortho nitro benzene ring substituents is 1. The molecule has 1 aliphatic carbocycles. The minimum absolute atomic E-state index is 0.0215. The van der Waals surface area contributed by atoms with Gasteiger partial charge in [0.05, 0.1) is 21.7 Å². The van der Waals surface area contributed by atoms with E-state index in [0.717, 1.165) is 35.2 Å². The van der Waals surface area contributed by atoms with Gasteiger partial charge in [-0.15, -0.1) is 0 Å². The average molecular weight is 431 g/mol. The molecular weight excluding hydrogens is 404 g/mol. The van der Waals surface area contributed by atoms with Gasteiger partial charge in [-0.3, -0.25) is 10.1 Å². The highest BCUT2D eigenvalue weighted by molar-refractivity contribution is 6.06. The standard InChI is InChI=1S/C26H26N2O4/c1-4-26(2,3)18-14-17(13-16-9-11-19(12-10-16)28(31)32)24-21(15-18)23(25(29)30)20-7-5-6-8-22(20)27-24/h5-13,18H,4,14-15H2,1-3H3,(H,29,30). The van der Waals surface area contributed by atoms with E-state index in [2.05, 4.69) is 20.8 Å². The third kappa shape index (κ3) is 3.88. The fourth-order valence-corrected chi connectivity index (χ4v) is 4.50. The number of carboxylic acid groups (broad SMARTS) is 1. The Balaban J connectivity index is 1.94. The molecule has 1 aliphatic rings. The minimum Gasteiger partial charge on any atom is -0.478 e. The van der Waals surface area contributed by atoms with Crippen LogP contribution in [-0.2, 0) is 6.42 Å². The highest BCUT2D eigenvalue weighted by Crippen LogP contribution is 2.46. The Morgan fingerprint density at radius 2 is 1.88 bits per heavy atom. The van der Waals surface area contributed by atoms with E-state index in [4.69, 9.17) is 4.98 Å². The van der Waals surface area contributed by atoms with E-state index < -0.39 is 10.9 Å². The molecule has 0 aliphatic heterocycles. The van der Waals surface area contributed by atoms with Crippen LogP contribution in [0.25, 0.3) is 22.6 Å². The summed E-state index contributed by atoms with van der Waals surface area (Å²) in [6.07, 6.45) is 4.40. The lowest BCUT2D eigenvalue weighted by atomic mass is 9.67. The molecule has 0 spiro atoms. The number of nitrogens with zero attached hydrogens (tertiary/aromatic N) is 2. The summed E-state index contributed by atoms with van der Waals surface area (Å²) in [6, 6.07) is 13.8. The van der Waals surface area contributed by atoms with E-state index in [-0.39, 0.29) is 17.0 Å². The lowest BCUT2D eigenvalue weighted by molar-refractivity contribution is -0.384. The summed E-state index contributed by atoms with van der Waals surface area (Å²) in [5, 5.41) is 21.8. The minimum atomic E-state index is -0.940. The lowest BCUT2D eigenvalue weighted by Crippen LogP contribution is -2.30. The van der Waals surface area contributed by atoms with Gasteiger partial charge >= 0.3 is 5.97 Å². The molecule has 6 heteroatoms. The molecule has 1 unspecified atom stereocenters. The highest BCUT2D eigenvalue weighted by Gasteiger charge is 2.36. The zero-order chi connectivity index (χ0) is 23.0. The van der Waals surface area contributed by atoms with Gasteiger partial charge in [-0.2, -0.15) is 0 Å². The van der Waals surface area contributed by atoms with Crippen LogP contribution in [0.1, 0.15) is 60.8 Å². The van der Waals surface area contributed by atoms with Crippen molar-refractivity contribution in [3.63, 3.8) is 0 Å². The van der Waals surface area contributed by atoms with Crippen LogP contribution in [0.4, 0.5) is 5.69 Å². The SMILES string of the molecule is CCC(C)(C)C1CC(=Cc2ccc([N+](=O)[O-])cc2)c2nc3ccccc3c(C(=O)O)c2C1. The van der Waals surface area contributed by atoms with Crippen molar-refractivity contribution in [2.24, 2.45) is 11.3 Å². The topological polar surface area (TPSA) is 93.3 Å². The molecule has 1 heterocycles. The van der Waals surface area contributed by atoms with Gasteiger partial charge in [0.1, 0.15) is 0 Å². The molecule has 4 rings (SSSR count). The number of benzene rings is 2. The molecule has 0 fully saturated rings. The number of allylic oxidation sites excluding steroid dienone is 1. The van der Waals surface area contributed by atoms with E-state index in [1.54, 1.807) is 12.1 Å². The van der Waals surface area contributed by atoms with Crippen LogP contribution in [0, 0.1) is 21.4 Å². The average Bonchev–Trinajstić information content (AvgIpc) is 2.77. The predicted octanol–water partition coefficient (Wildman–Crippen LogP) is 6.38. The largest absolute Gasteiger partial charge is 0.478 e. The second-order valence-corrected chi connectivity index (χ2v) is 9.10. The van der Waals surface area contributed by atoms with Crippen LogP contribution in [0.15, 0.2) is 48.5 Å². The van der Waals surface area contributed by atoms with Gasteiger partial charge in [-0.05, 0) is 65.1 Å². The number of aromatic carboxylic acids is 1. The molecule has 0 bridgehead atoms. The zero-order valence-electron chi connectivity index (χ0n) is 18.5. The summed E-state index contributed by atoms with van der Waals surface area (Å²) in [5.41, 5.74) is 4.36. The highest BCUT2D eigenvalue weighted by atomic mass is 16.6. The summed E-state index contributed by atoms with van der Waals surface area (Å²) >= 11 is 0. The first-order chi connectivity index (χ1) is 15.2. The van der Waals surface area contributed by atoms with E-state index in [9.17, 15) is 20.0 Å². The van der Waals surface area contributed by atoms with Crippen molar-refractivity contribution in [2.45, 2.75) is 40.0 Å². The normalized spacial score (nSPS) is 17.3. The first kappa shape index (κ1) is 21.7. The van der Waals surface area contributed by atoms with Crippen molar-refractivity contribution in [2.75, 3.05) is 0 Å². The Morgan fingerprint density at radius 1 is 1.19 bits per heavy atom. The van der Waals surface area contributed by atoms with Crippen LogP contribution in [0.5, 0.6) is 0 Å². The number of nitro groups is 1. The monoisotopic (exact) mass is 430 g/mol. The van der Waals surface area contributed by atoms with E-state index in [1.165, 1.54) is 12.1 Å². The summed E-state index contributed by atoms with van der Waals surface area (Å²) in [6.45, 7) is 6.61. The maximum Gasteiger partial charge on any atom is 0.336 e. The number of fused-ring (bicyclic) bond motifs is 2. The Bertz CT molecular complexity index is 1240. The second-order valence-electron chi connectivity index (χ2n) is 9.10. The molecule has 1 aromatic heterocycles. The van der Waals surface area contributed by atoms with Gasteiger partial charge in [0, 0.05) is 17.5 Å². The Morgan fingerprint density at radius 3 is 2.50 bits per heavy atom. The Labute approximate surface area is 186 Å². The smallest absolute Gasteiger partial charge is 0.336 e. The van der Waals surface area contributed by atoms with Crippen molar-refractivity contribution >= 4 is 34.2 Å². The van der Waals surface area contributed by atoms with Gasteiger partial charge in [0.2, 0.25) is 0 Å².